The number of rotatable bonds is 1. The molecule has 8 heteroatoms. The summed E-state index contributed by atoms with van der Waals surface area (Å²) >= 11 is 0. The van der Waals surface area contributed by atoms with E-state index in [0.717, 1.165) is 12.0 Å². The van der Waals surface area contributed by atoms with Crippen molar-refractivity contribution in [2.24, 2.45) is 5.92 Å². The van der Waals surface area contributed by atoms with E-state index < -0.39 is 37.5 Å². The van der Waals surface area contributed by atoms with E-state index in [4.69, 9.17) is 8.37 Å². The van der Waals surface area contributed by atoms with Crippen molar-refractivity contribution < 1.29 is 25.2 Å². The van der Waals surface area contributed by atoms with Crippen LogP contribution in [-0.4, -0.2) is 34.1 Å². The van der Waals surface area contributed by atoms with Gasteiger partial charge in [-0.1, -0.05) is 12.2 Å². The molecule has 2 fully saturated rings. The van der Waals surface area contributed by atoms with Gasteiger partial charge in [-0.15, -0.1) is 0 Å². The van der Waals surface area contributed by atoms with E-state index in [0.29, 0.717) is 12.8 Å². The summed E-state index contributed by atoms with van der Waals surface area (Å²) in [5.74, 6) is 0.144. The molecule has 3 atom stereocenters. The van der Waals surface area contributed by atoms with Gasteiger partial charge in [0.2, 0.25) is 5.08 Å². The first kappa shape index (κ1) is 14.0. The van der Waals surface area contributed by atoms with Crippen molar-refractivity contribution in [3.05, 3.63) is 12.2 Å². The van der Waals surface area contributed by atoms with Crippen molar-refractivity contribution >= 4 is 20.2 Å². The van der Waals surface area contributed by atoms with Crippen LogP contribution in [-0.2, 0) is 28.6 Å². The Labute approximate surface area is 107 Å². The molecule has 18 heavy (non-hydrogen) atoms. The molecule has 104 valence electrons. The highest BCUT2D eigenvalue weighted by Gasteiger charge is 2.42. The fourth-order valence-corrected chi connectivity index (χ4v) is 5.40. The van der Waals surface area contributed by atoms with Gasteiger partial charge >= 0.3 is 0 Å². The number of allylic oxidation sites excluding steroid dienone is 1. The van der Waals surface area contributed by atoms with Crippen LogP contribution in [0.25, 0.3) is 0 Å². The minimum Gasteiger partial charge on any atom is -0.263 e. The quantitative estimate of drug-likeness (QED) is 0.524. The van der Waals surface area contributed by atoms with Gasteiger partial charge in [0.25, 0.3) is 20.2 Å². The van der Waals surface area contributed by atoms with Crippen LogP contribution < -0.4 is 0 Å². The van der Waals surface area contributed by atoms with E-state index in [1.54, 1.807) is 0 Å². The standard InChI is InChI=1S/C10H16O6S2/c1-7(2)8-3-4-9-10(5-8)16-18(13,14)6-17(11,12)15-9/h8-10H,1,3-6H2,2H3. The summed E-state index contributed by atoms with van der Waals surface area (Å²) in [6, 6.07) is 0. The fourth-order valence-electron chi connectivity index (χ4n) is 2.37. The zero-order chi connectivity index (χ0) is 13.6. The van der Waals surface area contributed by atoms with E-state index in [-0.39, 0.29) is 5.92 Å². The second-order valence-corrected chi connectivity index (χ2v) is 8.42. The van der Waals surface area contributed by atoms with Crippen LogP contribution in [0.15, 0.2) is 12.2 Å². The molecular weight excluding hydrogens is 280 g/mol. The van der Waals surface area contributed by atoms with E-state index in [2.05, 4.69) is 6.58 Å². The summed E-state index contributed by atoms with van der Waals surface area (Å²) in [5.41, 5.74) is 0.946. The van der Waals surface area contributed by atoms with Gasteiger partial charge in [0.1, 0.15) is 12.2 Å². The first-order valence-corrected chi connectivity index (χ1v) is 8.81. The van der Waals surface area contributed by atoms with Crippen molar-refractivity contribution in [1.29, 1.82) is 0 Å². The average molecular weight is 296 g/mol. The van der Waals surface area contributed by atoms with Crippen LogP contribution in [0.3, 0.4) is 0 Å². The number of hydrogen-bond donors (Lipinski definition) is 0. The highest BCUT2D eigenvalue weighted by atomic mass is 32.3. The normalized spacial score (nSPS) is 38.4. The minimum absolute atomic E-state index is 0.144. The van der Waals surface area contributed by atoms with Gasteiger partial charge in [-0.3, -0.25) is 8.37 Å². The Morgan fingerprint density at radius 2 is 1.61 bits per heavy atom. The van der Waals surface area contributed by atoms with E-state index in [1.165, 1.54) is 0 Å². The van der Waals surface area contributed by atoms with E-state index in [9.17, 15) is 16.8 Å². The smallest absolute Gasteiger partial charge is 0.263 e. The monoisotopic (exact) mass is 296 g/mol. The Morgan fingerprint density at radius 3 is 2.17 bits per heavy atom. The maximum absolute atomic E-state index is 11.5. The van der Waals surface area contributed by atoms with Gasteiger partial charge in [-0.2, -0.15) is 16.8 Å². The largest absolute Gasteiger partial charge is 0.284 e. The topological polar surface area (TPSA) is 86.7 Å². The van der Waals surface area contributed by atoms with Gasteiger partial charge in [0.15, 0.2) is 0 Å². The molecule has 0 radical (unpaired) electrons. The Kier molecular flexibility index (Phi) is 3.56. The van der Waals surface area contributed by atoms with Crippen LogP contribution in [0.1, 0.15) is 26.2 Å². The molecule has 0 bridgehead atoms. The Bertz CT molecular complexity index is 547. The SMILES string of the molecule is C=C(C)C1CCC2OS(=O)(=O)CS(=O)(=O)OC2C1. The van der Waals surface area contributed by atoms with Gasteiger partial charge in [-0.05, 0) is 32.1 Å². The van der Waals surface area contributed by atoms with Crippen LogP contribution in [0.5, 0.6) is 0 Å². The molecule has 3 unspecified atom stereocenters. The summed E-state index contributed by atoms with van der Waals surface area (Å²) < 4.78 is 55.8. The summed E-state index contributed by atoms with van der Waals surface area (Å²) in [7, 11) is -8.16. The molecule has 0 N–H and O–H groups in total. The fraction of sp³-hybridized carbons (Fsp3) is 0.800. The number of hydrogen-bond acceptors (Lipinski definition) is 6. The molecule has 0 spiro atoms. The molecule has 0 amide bonds. The minimum atomic E-state index is -4.09. The van der Waals surface area contributed by atoms with Gasteiger partial charge in [-0.25, -0.2) is 0 Å². The highest BCUT2D eigenvalue weighted by Crippen LogP contribution is 2.35. The molecule has 2 rings (SSSR count). The highest BCUT2D eigenvalue weighted by molar-refractivity contribution is 8.03. The molecule has 0 aromatic carbocycles. The summed E-state index contributed by atoms with van der Waals surface area (Å²) in [4.78, 5) is 0. The molecular formula is C10H16O6S2. The lowest BCUT2D eigenvalue weighted by atomic mass is 9.82. The Morgan fingerprint density at radius 1 is 1.06 bits per heavy atom. The molecule has 1 aliphatic heterocycles. The summed E-state index contributed by atoms with van der Waals surface area (Å²) in [6.07, 6.45) is 0.173. The molecule has 6 nitrogen and oxygen atoms in total. The van der Waals surface area contributed by atoms with Crippen molar-refractivity contribution in [2.45, 2.75) is 38.4 Å². The van der Waals surface area contributed by atoms with Crippen molar-refractivity contribution in [3.63, 3.8) is 0 Å². The van der Waals surface area contributed by atoms with Gasteiger partial charge < -0.3 is 0 Å². The summed E-state index contributed by atoms with van der Waals surface area (Å²) in [5, 5.41) is -1.11. The molecule has 1 saturated carbocycles. The van der Waals surface area contributed by atoms with E-state index in [1.807, 2.05) is 6.92 Å². The molecule has 2 aliphatic rings. The molecule has 1 saturated heterocycles. The lowest BCUT2D eigenvalue weighted by Crippen LogP contribution is -2.37. The second-order valence-electron chi connectivity index (χ2n) is 4.86. The zero-order valence-corrected chi connectivity index (χ0v) is 11.7. The zero-order valence-electron chi connectivity index (χ0n) is 10.0. The maximum atomic E-state index is 11.5. The lowest BCUT2D eigenvalue weighted by Gasteiger charge is -2.32. The van der Waals surface area contributed by atoms with Gasteiger partial charge in [0.05, 0.1) is 0 Å². The van der Waals surface area contributed by atoms with Gasteiger partial charge in [0, 0.05) is 0 Å². The average Bonchev–Trinajstić information content (AvgIpc) is 2.25. The first-order valence-electron chi connectivity index (χ1n) is 5.66. The maximum Gasteiger partial charge on any atom is 0.284 e. The Hall–Kier alpha value is -0.440. The van der Waals surface area contributed by atoms with Crippen LogP contribution in [0.4, 0.5) is 0 Å². The molecule has 0 aromatic rings. The van der Waals surface area contributed by atoms with Crippen LogP contribution in [0.2, 0.25) is 0 Å². The molecule has 1 aliphatic carbocycles. The predicted molar refractivity (Wildman–Crippen MR) is 64.6 cm³/mol. The third-order valence-corrected chi connectivity index (χ3v) is 6.65. The summed E-state index contributed by atoms with van der Waals surface area (Å²) in [6.45, 7) is 5.71. The molecule has 1 heterocycles. The van der Waals surface area contributed by atoms with Crippen molar-refractivity contribution in [2.75, 3.05) is 5.08 Å². The lowest BCUT2D eigenvalue weighted by molar-refractivity contribution is 0.0235. The Balaban J connectivity index is 2.26. The predicted octanol–water partition coefficient (Wildman–Crippen LogP) is 0.764. The second kappa shape index (κ2) is 4.59. The first-order chi connectivity index (χ1) is 8.19. The molecule has 0 aromatic heterocycles. The third kappa shape index (κ3) is 3.11. The van der Waals surface area contributed by atoms with E-state index >= 15 is 0 Å². The van der Waals surface area contributed by atoms with Crippen LogP contribution in [0, 0.1) is 5.92 Å². The van der Waals surface area contributed by atoms with Crippen LogP contribution >= 0.6 is 0 Å². The van der Waals surface area contributed by atoms with Crippen molar-refractivity contribution in [3.8, 4) is 0 Å². The third-order valence-electron chi connectivity index (χ3n) is 3.26. The van der Waals surface area contributed by atoms with Crippen molar-refractivity contribution in [1.82, 2.24) is 0 Å². The number of fused-ring (bicyclic) bond motifs is 1.